The summed E-state index contributed by atoms with van der Waals surface area (Å²) in [6.45, 7) is 4.63. The van der Waals surface area contributed by atoms with Gasteiger partial charge in [-0.25, -0.2) is 13.1 Å². The molecule has 0 aromatic heterocycles. The van der Waals surface area contributed by atoms with Crippen LogP contribution in [0, 0.1) is 0 Å². The summed E-state index contributed by atoms with van der Waals surface area (Å²) in [5, 5.41) is 3.37. The summed E-state index contributed by atoms with van der Waals surface area (Å²) in [4.78, 5) is 0. The first kappa shape index (κ1) is 14.9. The summed E-state index contributed by atoms with van der Waals surface area (Å²) in [5.41, 5.74) is 0. The Balaban J connectivity index is 2.41. The molecule has 1 rings (SSSR count). The van der Waals surface area contributed by atoms with Crippen LogP contribution in [0.3, 0.4) is 0 Å². The number of piperidine rings is 1. The number of rotatable bonds is 6. The average Bonchev–Trinajstić information content (AvgIpc) is 2.22. The van der Waals surface area contributed by atoms with Gasteiger partial charge in [-0.1, -0.05) is 0 Å². The molecule has 0 bridgehead atoms. The van der Waals surface area contributed by atoms with Crippen LogP contribution in [0.25, 0.3) is 0 Å². The minimum absolute atomic E-state index is 0.0127. The summed E-state index contributed by atoms with van der Waals surface area (Å²) < 4.78 is 31.2. The van der Waals surface area contributed by atoms with Crippen LogP contribution in [0.1, 0.15) is 33.1 Å². The van der Waals surface area contributed by atoms with Crippen molar-refractivity contribution in [3.63, 3.8) is 0 Å². The number of nitrogens with one attached hydrogen (secondary N) is 2. The Kier molecular flexibility index (Phi) is 5.85. The summed E-state index contributed by atoms with van der Waals surface area (Å²) in [6.07, 6.45) is 2.45. The molecule has 1 aliphatic rings. The molecule has 5 nitrogen and oxygen atoms in total. The fourth-order valence-corrected chi connectivity index (χ4v) is 3.57. The van der Waals surface area contributed by atoms with E-state index in [1.807, 2.05) is 6.92 Å². The predicted octanol–water partition coefficient (Wildman–Crippen LogP) is 0.471. The highest BCUT2D eigenvalue weighted by molar-refractivity contribution is 7.89. The topological polar surface area (TPSA) is 67.4 Å². The molecule has 0 saturated carbocycles. The van der Waals surface area contributed by atoms with Crippen molar-refractivity contribution in [3.8, 4) is 0 Å². The van der Waals surface area contributed by atoms with Gasteiger partial charge in [0.05, 0.1) is 5.75 Å². The van der Waals surface area contributed by atoms with E-state index >= 15 is 0 Å². The van der Waals surface area contributed by atoms with E-state index in [4.69, 9.17) is 4.74 Å². The maximum absolute atomic E-state index is 11.8. The van der Waals surface area contributed by atoms with E-state index in [1.165, 1.54) is 0 Å². The lowest BCUT2D eigenvalue weighted by molar-refractivity contribution is 0.199. The lowest BCUT2D eigenvalue weighted by Crippen LogP contribution is -2.55. The molecule has 0 aromatic rings. The van der Waals surface area contributed by atoms with Gasteiger partial charge in [-0.15, -0.1) is 0 Å². The highest BCUT2D eigenvalue weighted by Gasteiger charge is 2.27. The third-order valence-electron chi connectivity index (χ3n) is 3.15. The third kappa shape index (κ3) is 5.33. The van der Waals surface area contributed by atoms with Crippen LogP contribution < -0.4 is 10.0 Å². The molecule has 0 aromatic carbocycles. The fourth-order valence-electron chi connectivity index (χ4n) is 2.17. The van der Waals surface area contributed by atoms with Gasteiger partial charge in [-0.3, -0.25) is 0 Å². The van der Waals surface area contributed by atoms with E-state index in [0.717, 1.165) is 12.8 Å². The number of hydrogen-bond acceptors (Lipinski definition) is 4. The van der Waals surface area contributed by atoms with Crippen LogP contribution in [-0.2, 0) is 14.8 Å². The minimum atomic E-state index is -3.17. The van der Waals surface area contributed by atoms with Crippen molar-refractivity contribution >= 4 is 10.0 Å². The van der Waals surface area contributed by atoms with Crippen molar-refractivity contribution in [1.29, 1.82) is 0 Å². The molecule has 1 saturated heterocycles. The van der Waals surface area contributed by atoms with E-state index < -0.39 is 10.0 Å². The van der Waals surface area contributed by atoms with E-state index in [2.05, 4.69) is 17.0 Å². The van der Waals surface area contributed by atoms with Gasteiger partial charge in [-0.05, 0) is 33.1 Å². The maximum atomic E-state index is 11.8. The van der Waals surface area contributed by atoms with Crippen LogP contribution in [0.15, 0.2) is 0 Å². The Morgan fingerprint density at radius 2 is 2.06 bits per heavy atom. The van der Waals surface area contributed by atoms with Crippen LogP contribution in [0.2, 0.25) is 0 Å². The first-order chi connectivity index (χ1) is 7.94. The second-order valence-corrected chi connectivity index (χ2v) is 6.70. The van der Waals surface area contributed by atoms with Gasteiger partial charge in [0.2, 0.25) is 10.0 Å². The highest BCUT2D eigenvalue weighted by atomic mass is 32.2. The second kappa shape index (κ2) is 6.68. The summed E-state index contributed by atoms with van der Waals surface area (Å²) in [6, 6.07) is 0.675. The molecule has 0 aliphatic carbocycles. The molecule has 1 heterocycles. The summed E-state index contributed by atoms with van der Waals surface area (Å²) in [5.74, 6) is 0.139. The van der Waals surface area contributed by atoms with Gasteiger partial charge < -0.3 is 10.1 Å². The molecule has 6 heteroatoms. The van der Waals surface area contributed by atoms with Gasteiger partial charge in [0, 0.05) is 31.8 Å². The van der Waals surface area contributed by atoms with Crippen LogP contribution in [0.4, 0.5) is 0 Å². The monoisotopic (exact) mass is 264 g/mol. The smallest absolute Gasteiger partial charge is 0.211 e. The van der Waals surface area contributed by atoms with E-state index in [1.54, 1.807) is 7.11 Å². The molecule has 1 aliphatic heterocycles. The van der Waals surface area contributed by atoms with Crippen molar-refractivity contribution in [1.82, 2.24) is 10.0 Å². The van der Waals surface area contributed by atoms with Gasteiger partial charge in [0.1, 0.15) is 0 Å². The molecule has 3 unspecified atom stereocenters. The Bertz CT molecular complexity index is 319. The molecule has 3 atom stereocenters. The first-order valence-corrected chi connectivity index (χ1v) is 7.85. The van der Waals surface area contributed by atoms with Crippen molar-refractivity contribution in [2.75, 3.05) is 19.5 Å². The largest absolute Gasteiger partial charge is 0.385 e. The number of sulfonamides is 1. The Morgan fingerprint density at radius 1 is 1.35 bits per heavy atom. The molecule has 102 valence electrons. The molecular weight excluding hydrogens is 240 g/mol. The van der Waals surface area contributed by atoms with Gasteiger partial charge in [0.25, 0.3) is 0 Å². The molecule has 1 fully saturated rings. The Labute approximate surface area is 104 Å². The highest BCUT2D eigenvalue weighted by Crippen LogP contribution is 2.14. The van der Waals surface area contributed by atoms with Crippen LogP contribution >= 0.6 is 0 Å². The second-order valence-electron chi connectivity index (χ2n) is 4.82. The molecule has 0 radical (unpaired) electrons. The van der Waals surface area contributed by atoms with Crippen LogP contribution in [0.5, 0.6) is 0 Å². The van der Waals surface area contributed by atoms with Crippen molar-refractivity contribution in [3.05, 3.63) is 0 Å². The Hall–Kier alpha value is -0.170. The normalized spacial score (nSPS) is 30.4. The zero-order valence-electron chi connectivity index (χ0n) is 10.9. The molecule has 2 N–H and O–H groups in total. The van der Waals surface area contributed by atoms with Gasteiger partial charge in [0.15, 0.2) is 0 Å². The van der Waals surface area contributed by atoms with E-state index in [-0.39, 0.29) is 17.8 Å². The molecular formula is C11H24N2O3S. The quantitative estimate of drug-likeness (QED) is 0.684. The minimum Gasteiger partial charge on any atom is -0.385 e. The standard InChI is InChI=1S/C11H24N2O3S/c1-9-5-6-11(10(2)12-9)13-17(14,15)8-4-7-16-3/h9-13H,4-8H2,1-3H3. The fraction of sp³-hybridized carbons (Fsp3) is 1.00. The van der Waals surface area contributed by atoms with Crippen molar-refractivity contribution < 1.29 is 13.2 Å². The van der Waals surface area contributed by atoms with Crippen molar-refractivity contribution in [2.45, 2.75) is 51.2 Å². The summed E-state index contributed by atoms with van der Waals surface area (Å²) >= 11 is 0. The first-order valence-electron chi connectivity index (χ1n) is 6.19. The third-order valence-corrected chi connectivity index (χ3v) is 4.64. The zero-order valence-corrected chi connectivity index (χ0v) is 11.7. The SMILES string of the molecule is COCCCS(=O)(=O)NC1CCC(C)NC1C. The summed E-state index contributed by atoms with van der Waals surface area (Å²) in [7, 11) is -1.60. The lowest BCUT2D eigenvalue weighted by atomic mass is 9.96. The van der Waals surface area contributed by atoms with Gasteiger partial charge >= 0.3 is 0 Å². The van der Waals surface area contributed by atoms with E-state index in [9.17, 15) is 8.42 Å². The molecule has 0 amide bonds. The van der Waals surface area contributed by atoms with Crippen LogP contribution in [-0.4, -0.2) is 46.0 Å². The number of methoxy groups -OCH3 is 1. The molecule has 17 heavy (non-hydrogen) atoms. The van der Waals surface area contributed by atoms with E-state index in [0.29, 0.717) is 19.1 Å². The lowest BCUT2D eigenvalue weighted by Gasteiger charge is -2.34. The molecule has 0 spiro atoms. The van der Waals surface area contributed by atoms with Gasteiger partial charge in [-0.2, -0.15) is 0 Å². The number of ether oxygens (including phenoxy) is 1. The average molecular weight is 264 g/mol. The Morgan fingerprint density at radius 3 is 2.65 bits per heavy atom. The van der Waals surface area contributed by atoms with Crippen molar-refractivity contribution in [2.24, 2.45) is 0 Å². The maximum Gasteiger partial charge on any atom is 0.211 e. The zero-order chi connectivity index (χ0) is 12.9. The number of hydrogen-bond donors (Lipinski definition) is 2. The predicted molar refractivity (Wildman–Crippen MR) is 68.5 cm³/mol.